The summed E-state index contributed by atoms with van der Waals surface area (Å²) in [6.07, 6.45) is 9.87. The highest BCUT2D eigenvalue weighted by atomic mass is 31.1. The molecule has 2 amide bonds. The molecular weight excluding hydrogens is 576 g/mol. The number of rotatable bonds is 23. The number of aliphatic hydroxyl groups excluding tert-OH is 1. The normalized spacial score (nSPS) is 17.6. The van der Waals surface area contributed by atoms with Crippen LogP contribution in [-0.4, -0.2) is 89.5 Å². The Labute approximate surface area is 243 Å². The SMILES string of the molecule is CO[P+](=O)OCCCCCCn1cc(CCCC(=O)NCCCCCC(=O)N2C[C@H](O)CC2CO[P+](=O)OC)nn1. The van der Waals surface area contributed by atoms with E-state index in [4.69, 9.17) is 9.05 Å². The average Bonchev–Trinajstić information content (AvgIpc) is 3.58. The van der Waals surface area contributed by atoms with E-state index >= 15 is 0 Å². The van der Waals surface area contributed by atoms with Crippen LogP contribution >= 0.6 is 16.5 Å². The van der Waals surface area contributed by atoms with Crippen molar-refractivity contribution in [2.45, 2.75) is 95.7 Å². The van der Waals surface area contributed by atoms with Gasteiger partial charge in [-0.2, -0.15) is 0 Å². The van der Waals surface area contributed by atoms with Crippen molar-refractivity contribution in [1.29, 1.82) is 0 Å². The number of hydrogen-bond donors (Lipinski definition) is 2. The van der Waals surface area contributed by atoms with E-state index in [2.05, 4.69) is 24.7 Å². The Hall–Kier alpha value is -1.92. The molecule has 1 aromatic rings. The molecule has 1 aliphatic rings. The first-order valence-electron chi connectivity index (χ1n) is 14.2. The molecule has 4 atom stereocenters. The fourth-order valence-corrected chi connectivity index (χ4v) is 5.29. The summed E-state index contributed by atoms with van der Waals surface area (Å²) in [5, 5.41) is 21.2. The molecule has 0 aliphatic carbocycles. The van der Waals surface area contributed by atoms with Gasteiger partial charge >= 0.3 is 16.5 Å². The smallest absolute Gasteiger partial charge is 0.391 e. The standard InChI is InChI=1S/C25H44N5O9P2/c1-36-40(34)38-16-9-4-3-8-15-29-18-21(27-28-29)11-10-12-24(32)26-14-7-5-6-13-25(33)30-19-23(31)17-22(30)20-39-41(35)37-2/h18,22-23,31H,3-17,19-20H2,1-2H3/q+1/p+1/t22?,23-/m1/s1. The van der Waals surface area contributed by atoms with Crippen molar-refractivity contribution < 1.29 is 41.9 Å². The maximum absolute atomic E-state index is 12.6. The van der Waals surface area contributed by atoms with E-state index < -0.39 is 22.6 Å². The molecule has 0 bridgehead atoms. The number of carbonyl (C=O) groups is 2. The van der Waals surface area contributed by atoms with Gasteiger partial charge < -0.3 is 15.3 Å². The van der Waals surface area contributed by atoms with Crippen LogP contribution in [0.15, 0.2) is 6.20 Å². The Morgan fingerprint density at radius 2 is 1.73 bits per heavy atom. The third-order valence-electron chi connectivity index (χ3n) is 6.67. The second kappa shape index (κ2) is 20.9. The lowest BCUT2D eigenvalue weighted by Gasteiger charge is -2.22. The summed E-state index contributed by atoms with van der Waals surface area (Å²) in [6.45, 7) is 2.08. The molecule has 14 nitrogen and oxygen atoms in total. The molecule has 1 fully saturated rings. The predicted octanol–water partition coefficient (Wildman–Crippen LogP) is 3.44. The van der Waals surface area contributed by atoms with Gasteiger partial charge in [0.05, 0.1) is 32.1 Å². The summed E-state index contributed by atoms with van der Waals surface area (Å²) < 4.78 is 43.4. The molecule has 3 unspecified atom stereocenters. The zero-order chi connectivity index (χ0) is 29.9. The Morgan fingerprint density at radius 3 is 2.51 bits per heavy atom. The summed E-state index contributed by atoms with van der Waals surface area (Å²) in [5.74, 6) is -0.0663. The lowest BCUT2D eigenvalue weighted by atomic mass is 10.1. The van der Waals surface area contributed by atoms with Crippen molar-refractivity contribution in [3.8, 4) is 0 Å². The number of likely N-dealkylation sites (tertiary alicyclic amines) is 1. The van der Waals surface area contributed by atoms with Crippen LogP contribution in [0.2, 0.25) is 0 Å². The average molecular weight is 622 g/mol. The fourth-order valence-electron chi connectivity index (χ4n) is 4.51. The maximum atomic E-state index is 12.6. The molecule has 0 aromatic carbocycles. The zero-order valence-corrected chi connectivity index (χ0v) is 25.9. The van der Waals surface area contributed by atoms with Gasteiger partial charge in [0.15, 0.2) is 0 Å². The van der Waals surface area contributed by atoms with E-state index in [9.17, 15) is 23.8 Å². The van der Waals surface area contributed by atoms with E-state index in [0.717, 1.165) is 50.8 Å². The maximum Gasteiger partial charge on any atom is 0.697 e. The van der Waals surface area contributed by atoms with Crippen molar-refractivity contribution in [2.75, 3.05) is 40.5 Å². The van der Waals surface area contributed by atoms with Gasteiger partial charge in [-0.15, -0.1) is 23.2 Å². The van der Waals surface area contributed by atoms with Crippen LogP contribution in [0.25, 0.3) is 0 Å². The highest BCUT2D eigenvalue weighted by molar-refractivity contribution is 7.33. The Kier molecular flexibility index (Phi) is 18.0. The molecule has 0 spiro atoms. The van der Waals surface area contributed by atoms with Gasteiger partial charge in [-0.25, -0.2) is 0 Å². The minimum absolute atomic E-state index is 0.00391. The van der Waals surface area contributed by atoms with Crippen LogP contribution in [-0.2, 0) is 49.8 Å². The number of aliphatic hydroxyl groups is 1. The number of hydrogen-bond acceptors (Lipinski definition) is 11. The molecule has 2 rings (SSSR count). The van der Waals surface area contributed by atoms with Crippen molar-refractivity contribution in [1.82, 2.24) is 25.2 Å². The van der Waals surface area contributed by atoms with Gasteiger partial charge in [0.2, 0.25) is 11.8 Å². The number of aryl methyl sites for hydroxylation is 2. The number of carbonyl (C=O) groups excluding carboxylic acids is 2. The number of β-amino-alcohol motifs (C(OH)–C–C–N with tert-alkyl or cyclic N) is 1. The van der Waals surface area contributed by atoms with Crippen LogP contribution in [0.4, 0.5) is 0 Å². The van der Waals surface area contributed by atoms with Crippen molar-refractivity contribution in [3.05, 3.63) is 11.9 Å². The zero-order valence-electron chi connectivity index (χ0n) is 24.1. The second-order valence-corrected chi connectivity index (χ2v) is 12.1. The minimum Gasteiger partial charge on any atom is -0.391 e. The lowest BCUT2D eigenvalue weighted by Crippen LogP contribution is -2.38. The number of nitrogens with zero attached hydrogens (tertiary/aromatic N) is 4. The van der Waals surface area contributed by atoms with E-state index in [1.54, 1.807) is 4.90 Å². The third-order valence-corrected chi connectivity index (χ3v) is 8.02. The molecule has 2 heterocycles. The first-order valence-corrected chi connectivity index (χ1v) is 16.4. The molecule has 41 heavy (non-hydrogen) atoms. The number of nitrogens with one attached hydrogen (secondary N) is 1. The summed E-state index contributed by atoms with van der Waals surface area (Å²) in [5.41, 5.74) is 0.867. The molecule has 1 saturated heterocycles. The van der Waals surface area contributed by atoms with Crippen LogP contribution in [0.5, 0.6) is 0 Å². The van der Waals surface area contributed by atoms with E-state index in [0.29, 0.717) is 51.7 Å². The van der Waals surface area contributed by atoms with E-state index in [-0.39, 0.29) is 31.0 Å². The topological polar surface area (TPSA) is 171 Å². The van der Waals surface area contributed by atoms with Gasteiger partial charge in [-0.05, 0) is 44.9 Å². The Balaban J connectivity index is 1.47. The van der Waals surface area contributed by atoms with Crippen molar-refractivity contribution in [3.63, 3.8) is 0 Å². The summed E-state index contributed by atoms with van der Waals surface area (Å²) >= 11 is 0. The van der Waals surface area contributed by atoms with Crippen LogP contribution < -0.4 is 5.32 Å². The molecule has 1 aliphatic heterocycles. The van der Waals surface area contributed by atoms with Crippen LogP contribution in [0, 0.1) is 0 Å². The Bertz CT molecular complexity index is 952. The highest BCUT2D eigenvalue weighted by Gasteiger charge is 2.36. The number of aromatic nitrogens is 3. The van der Waals surface area contributed by atoms with Gasteiger partial charge in [-0.1, -0.05) is 24.5 Å². The largest absolute Gasteiger partial charge is 0.697 e. The fraction of sp³-hybridized carbons (Fsp3) is 0.840. The number of unbranched alkanes of at least 4 members (excludes halogenated alkanes) is 5. The monoisotopic (exact) mass is 621 g/mol. The highest BCUT2D eigenvalue weighted by Crippen LogP contribution is 2.27. The van der Waals surface area contributed by atoms with Gasteiger partial charge in [0.1, 0.15) is 13.2 Å². The minimum atomic E-state index is -2.21. The molecule has 0 saturated carbocycles. The van der Waals surface area contributed by atoms with Crippen molar-refractivity contribution in [2.24, 2.45) is 0 Å². The third kappa shape index (κ3) is 15.2. The summed E-state index contributed by atoms with van der Waals surface area (Å²) in [6, 6.07) is -0.311. The molecular formula is C25H45N5O9P2+2. The lowest BCUT2D eigenvalue weighted by molar-refractivity contribution is -0.133. The molecule has 1 aromatic heterocycles. The molecule has 0 radical (unpaired) electrons. The van der Waals surface area contributed by atoms with Crippen LogP contribution in [0.1, 0.15) is 76.3 Å². The summed E-state index contributed by atoms with van der Waals surface area (Å²) in [4.78, 5) is 26.3. The Morgan fingerprint density at radius 1 is 1.00 bits per heavy atom. The van der Waals surface area contributed by atoms with Gasteiger partial charge in [-0.3, -0.25) is 14.3 Å². The van der Waals surface area contributed by atoms with Gasteiger partial charge in [0, 0.05) is 47.8 Å². The summed E-state index contributed by atoms with van der Waals surface area (Å²) in [7, 11) is -1.57. The van der Waals surface area contributed by atoms with Gasteiger partial charge in [0.25, 0.3) is 0 Å². The number of amides is 2. The van der Waals surface area contributed by atoms with E-state index in [1.165, 1.54) is 14.2 Å². The molecule has 232 valence electrons. The van der Waals surface area contributed by atoms with Crippen LogP contribution in [0.3, 0.4) is 0 Å². The second-order valence-electron chi connectivity index (χ2n) is 9.93. The molecule has 2 N–H and O–H groups in total. The quantitative estimate of drug-likeness (QED) is 0.135. The van der Waals surface area contributed by atoms with E-state index in [1.807, 2.05) is 10.9 Å². The van der Waals surface area contributed by atoms with Crippen molar-refractivity contribution >= 4 is 28.3 Å². The predicted molar refractivity (Wildman–Crippen MR) is 150 cm³/mol. The molecule has 16 heteroatoms. The first-order chi connectivity index (χ1) is 19.8. The first kappa shape index (κ1) is 35.3.